The van der Waals surface area contributed by atoms with E-state index in [1.165, 1.54) is 13.4 Å². The Kier molecular flexibility index (Phi) is 4.41. The van der Waals surface area contributed by atoms with Crippen LogP contribution in [0.5, 0.6) is 0 Å². The lowest BCUT2D eigenvalue weighted by atomic mass is 9.94. The number of benzene rings is 1. The summed E-state index contributed by atoms with van der Waals surface area (Å²) in [4.78, 5) is 44.1. The quantitative estimate of drug-likeness (QED) is 0.788. The molecule has 1 N–H and O–H groups in total. The number of hydrogen-bond acceptors (Lipinski definition) is 5. The number of aromatic nitrogens is 2. The molecule has 8 nitrogen and oxygen atoms in total. The number of amides is 2. The average Bonchev–Trinajstić information content (AvgIpc) is 3.44. The average molecular weight is 382 g/mol. The van der Waals surface area contributed by atoms with Crippen LogP contribution in [0.2, 0.25) is 0 Å². The maximum absolute atomic E-state index is 13.3. The van der Waals surface area contributed by atoms with Crippen LogP contribution >= 0.6 is 0 Å². The normalized spacial score (nSPS) is 21.2. The van der Waals surface area contributed by atoms with Gasteiger partial charge in [0.25, 0.3) is 5.91 Å². The van der Waals surface area contributed by atoms with Gasteiger partial charge in [0.05, 0.1) is 20.0 Å². The van der Waals surface area contributed by atoms with Crippen LogP contribution in [0.3, 0.4) is 0 Å². The summed E-state index contributed by atoms with van der Waals surface area (Å²) in [5.41, 5.74) is 0.0986. The van der Waals surface area contributed by atoms with Gasteiger partial charge in [0.1, 0.15) is 11.2 Å². The van der Waals surface area contributed by atoms with Crippen molar-refractivity contribution in [1.82, 2.24) is 19.8 Å². The van der Waals surface area contributed by atoms with E-state index in [1.807, 2.05) is 30.3 Å². The molecule has 1 aliphatic heterocycles. The highest BCUT2D eigenvalue weighted by molar-refractivity contribution is 6.06. The third kappa shape index (κ3) is 2.94. The van der Waals surface area contributed by atoms with E-state index in [4.69, 9.17) is 4.74 Å². The third-order valence-electron chi connectivity index (χ3n) is 5.34. The topological polar surface area (TPSA) is 93.5 Å². The Morgan fingerprint density at radius 2 is 2.00 bits per heavy atom. The van der Waals surface area contributed by atoms with Gasteiger partial charge >= 0.3 is 5.97 Å². The Morgan fingerprint density at radius 1 is 1.29 bits per heavy atom. The lowest BCUT2D eigenvalue weighted by Crippen LogP contribution is -2.64. The smallest absolute Gasteiger partial charge is 0.359 e. The molecule has 2 heterocycles. The number of fused-ring (bicyclic) bond motifs is 1. The molecule has 0 spiro atoms. The second-order valence-corrected chi connectivity index (χ2v) is 7.41. The van der Waals surface area contributed by atoms with Crippen LogP contribution in [-0.4, -0.2) is 50.9 Å². The van der Waals surface area contributed by atoms with Gasteiger partial charge in [-0.05, 0) is 25.3 Å². The molecule has 4 rings (SSSR count). The zero-order chi connectivity index (χ0) is 19.9. The van der Waals surface area contributed by atoms with Gasteiger partial charge in [-0.3, -0.25) is 9.59 Å². The van der Waals surface area contributed by atoms with Crippen LogP contribution in [0, 0.1) is 0 Å². The number of nitrogens with zero attached hydrogens (tertiary/aromatic N) is 3. The van der Waals surface area contributed by atoms with Gasteiger partial charge < -0.3 is 19.5 Å². The van der Waals surface area contributed by atoms with E-state index in [9.17, 15) is 14.4 Å². The summed E-state index contributed by atoms with van der Waals surface area (Å²) >= 11 is 0. The Bertz CT molecular complexity index is 935. The van der Waals surface area contributed by atoms with Crippen molar-refractivity contribution in [3.63, 3.8) is 0 Å². The predicted octanol–water partition coefficient (Wildman–Crippen LogP) is 1.36. The first-order chi connectivity index (χ1) is 13.5. The van der Waals surface area contributed by atoms with Gasteiger partial charge in [-0.25, -0.2) is 9.78 Å². The minimum absolute atomic E-state index is 0.00544. The Balaban J connectivity index is 1.64. The van der Waals surface area contributed by atoms with Gasteiger partial charge in [-0.2, -0.15) is 0 Å². The monoisotopic (exact) mass is 382 g/mol. The SMILES string of the molecule is COC(=O)c1ncn2c1C(=O)N(C1CC1)[C@](C)(C(=O)NCc1ccccc1)C2. The summed E-state index contributed by atoms with van der Waals surface area (Å²) < 4.78 is 6.32. The molecule has 28 heavy (non-hydrogen) atoms. The molecule has 1 aromatic carbocycles. The number of hydrogen-bond donors (Lipinski definition) is 1. The fourth-order valence-corrected chi connectivity index (χ4v) is 3.77. The van der Waals surface area contributed by atoms with Crippen LogP contribution in [0.1, 0.15) is 46.3 Å². The first-order valence-electron chi connectivity index (χ1n) is 9.25. The standard InChI is InChI=1S/C20H22N4O4/c1-20(19(27)21-10-13-6-4-3-5-7-13)11-23-12-22-15(18(26)28-2)16(23)17(25)24(20)14-8-9-14/h3-7,12,14H,8-11H2,1-2H3,(H,21,27)/t20-/m0/s1. The molecule has 1 aromatic heterocycles. The van der Waals surface area contributed by atoms with E-state index in [0.29, 0.717) is 6.54 Å². The number of nitrogens with one attached hydrogen (secondary N) is 1. The van der Waals surface area contributed by atoms with Crippen molar-refractivity contribution in [2.75, 3.05) is 7.11 Å². The van der Waals surface area contributed by atoms with Gasteiger partial charge in [-0.1, -0.05) is 30.3 Å². The van der Waals surface area contributed by atoms with Crippen molar-refractivity contribution in [2.24, 2.45) is 0 Å². The lowest BCUT2D eigenvalue weighted by molar-refractivity contribution is -0.133. The molecule has 2 aliphatic rings. The Labute approximate surface area is 162 Å². The summed E-state index contributed by atoms with van der Waals surface area (Å²) in [5, 5.41) is 2.96. The van der Waals surface area contributed by atoms with Gasteiger partial charge in [0.2, 0.25) is 5.91 Å². The van der Waals surface area contributed by atoms with Crippen molar-refractivity contribution in [2.45, 2.75) is 44.4 Å². The summed E-state index contributed by atoms with van der Waals surface area (Å²) in [6.45, 7) is 2.38. The largest absolute Gasteiger partial charge is 0.464 e. The molecule has 1 aliphatic carbocycles. The maximum Gasteiger partial charge on any atom is 0.359 e. The van der Waals surface area contributed by atoms with E-state index in [1.54, 1.807) is 16.4 Å². The van der Waals surface area contributed by atoms with Crippen molar-refractivity contribution in [3.05, 3.63) is 53.6 Å². The molecule has 1 fully saturated rings. The number of rotatable bonds is 5. The number of methoxy groups -OCH3 is 1. The molecule has 0 unspecified atom stereocenters. The second-order valence-electron chi connectivity index (χ2n) is 7.41. The highest BCUT2D eigenvalue weighted by atomic mass is 16.5. The second kappa shape index (κ2) is 6.78. The first kappa shape index (κ1) is 18.2. The molecule has 146 valence electrons. The molecule has 2 amide bonds. The molecule has 8 heteroatoms. The van der Waals surface area contributed by atoms with Crippen molar-refractivity contribution < 1.29 is 19.1 Å². The van der Waals surface area contributed by atoms with Crippen LogP contribution in [0.15, 0.2) is 36.7 Å². The van der Waals surface area contributed by atoms with E-state index >= 15 is 0 Å². The van der Waals surface area contributed by atoms with Crippen molar-refractivity contribution in [1.29, 1.82) is 0 Å². The number of ether oxygens (including phenoxy) is 1. The molecule has 0 radical (unpaired) electrons. The molecule has 1 atom stereocenters. The summed E-state index contributed by atoms with van der Waals surface area (Å²) in [6, 6.07) is 9.61. The summed E-state index contributed by atoms with van der Waals surface area (Å²) in [6.07, 6.45) is 3.11. The molecule has 0 bridgehead atoms. The minimum atomic E-state index is -1.06. The number of carbonyl (C=O) groups excluding carboxylic acids is 3. The van der Waals surface area contributed by atoms with Crippen LogP contribution < -0.4 is 5.32 Å². The molecule has 1 saturated carbocycles. The van der Waals surface area contributed by atoms with Crippen molar-refractivity contribution >= 4 is 17.8 Å². The molecular weight excluding hydrogens is 360 g/mol. The fourth-order valence-electron chi connectivity index (χ4n) is 3.77. The molecule has 0 saturated heterocycles. The number of imidazole rings is 1. The molecule has 2 aromatic rings. The predicted molar refractivity (Wildman–Crippen MR) is 99.5 cm³/mol. The number of carbonyl (C=O) groups is 3. The van der Waals surface area contributed by atoms with Crippen LogP contribution in [-0.2, 0) is 22.6 Å². The first-order valence-corrected chi connectivity index (χ1v) is 9.25. The van der Waals surface area contributed by atoms with E-state index < -0.39 is 11.5 Å². The van der Waals surface area contributed by atoms with Gasteiger partial charge in [-0.15, -0.1) is 0 Å². The van der Waals surface area contributed by atoms with E-state index in [2.05, 4.69) is 10.3 Å². The summed E-state index contributed by atoms with van der Waals surface area (Å²) in [5.74, 6) is -1.24. The third-order valence-corrected chi connectivity index (χ3v) is 5.34. The Morgan fingerprint density at radius 3 is 2.64 bits per heavy atom. The molecular formula is C20H22N4O4. The highest BCUT2D eigenvalue weighted by Crippen LogP contribution is 2.38. The van der Waals surface area contributed by atoms with E-state index in [-0.39, 0.29) is 35.8 Å². The summed E-state index contributed by atoms with van der Waals surface area (Å²) in [7, 11) is 1.25. The van der Waals surface area contributed by atoms with E-state index in [0.717, 1.165) is 18.4 Å². The highest BCUT2D eigenvalue weighted by Gasteiger charge is 2.53. The maximum atomic E-state index is 13.3. The zero-order valence-electron chi connectivity index (χ0n) is 15.8. The van der Waals surface area contributed by atoms with Crippen molar-refractivity contribution in [3.8, 4) is 0 Å². The lowest BCUT2D eigenvalue weighted by Gasteiger charge is -2.44. The zero-order valence-corrected chi connectivity index (χ0v) is 15.8. The Hall–Kier alpha value is -3.16. The fraction of sp³-hybridized carbons (Fsp3) is 0.400. The van der Waals surface area contributed by atoms with Gasteiger partial charge in [0.15, 0.2) is 5.69 Å². The minimum Gasteiger partial charge on any atom is -0.464 e. The number of esters is 1. The van der Waals surface area contributed by atoms with Crippen LogP contribution in [0.4, 0.5) is 0 Å². The van der Waals surface area contributed by atoms with Crippen LogP contribution in [0.25, 0.3) is 0 Å². The van der Waals surface area contributed by atoms with Gasteiger partial charge in [0, 0.05) is 12.6 Å².